The molecule has 0 aliphatic carbocycles. The Morgan fingerprint density at radius 2 is 1.97 bits per heavy atom. The molecule has 1 atom stereocenters. The molecule has 0 spiro atoms. The fraction of sp³-hybridized carbons (Fsp3) is 0.667. The van der Waals surface area contributed by atoms with Gasteiger partial charge in [0.25, 0.3) is 5.91 Å². The summed E-state index contributed by atoms with van der Waals surface area (Å²) in [5.41, 5.74) is 1.70. The molecular weight excluding hydrogens is 402 g/mol. The van der Waals surface area contributed by atoms with Crippen molar-refractivity contribution in [3.8, 4) is 0 Å². The molecule has 0 aromatic carbocycles. The zero-order valence-electron chi connectivity index (χ0n) is 18.3. The Hall–Kier alpha value is -1.97. The van der Waals surface area contributed by atoms with Crippen LogP contribution in [0.3, 0.4) is 0 Å². The Kier molecular flexibility index (Phi) is 5.87. The van der Waals surface area contributed by atoms with Crippen LogP contribution in [0.2, 0.25) is 0 Å². The zero-order valence-corrected chi connectivity index (χ0v) is 19.1. The largest absolute Gasteiger partial charge is 0.336 e. The molecule has 9 heteroatoms. The average molecular weight is 434 g/mol. The lowest BCUT2D eigenvalue weighted by Crippen LogP contribution is -2.43. The third-order valence-corrected chi connectivity index (χ3v) is 7.76. The van der Waals surface area contributed by atoms with Crippen LogP contribution in [0.25, 0.3) is 0 Å². The summed E-state index contributed by atoms with van der Waals surface area (Å²) in [6, 6.07) is 0.513. The molecule has 0 N–H and O–H groups in total. The first-order valence-corrected chi connectivity index (χ1v) is 11.5. The second kappa shape index (κ2) is 8.28. The molecule has 164 valence electrons. The summed E-state index contributed by atoms with van der Waals surface area (Å²) in [4.78, 5) is 49.2. The Morgan fingerprint density at radius 1 is 1.20 bits per heavy atom. The maximum atomic E-state index is 13.0. The molecule has 4 rings (SSSR count). The molecule has 0 bridgehead atoms. The second-order valence-electron chi connectivity index (χ2n) is 8.69. The molecule has 3 aliphatic rings. The number of amides is 3. The standard InChI is InChI=1S/C21H31N5O3S/c1-5-26-18(28)12-23(4)20(29)19-15-7-9-25(11-16(15)30-21(19)26)17(27)13-24-8-6-14(10-24)22(2)3/h14H,5-13H2,1-4H3. The van der Waals surface area contributed by atoms with Gasteiger partial charge in [0.15, 0.2) is 0 Å². The van der Waals surface area contributed by atoms with Gasteiger partial charge in [0.1, 0.15) is 11.5 Å². The minimum Gasteiger partial charge on any atom is -0.336 e. The lowest BCUT2D eigenvalue weighted by molar-refractivity contribution is -0.133. The third kappa shape index (κ3) is 3.74. The van der Waals surface area contributed by atoms with E-state index in [1.165, 1.54) is 16.2 Å². The SMILES string of the molecule is CCN1C(=O)CN(C)C(=O)c2c1sc1c2CCN(C(=O)CN2CCC(N(C)C)C2)C1. The van der Waals surface area contributed by atoms with E-state index < -0.39 is 0 Å². The minimum atomic E-state index is -0.0848. The molecule has 1 saturated heterocycles. The zero-order chi connectivity index (χ0) is 21.6. The van der Waals surface area contributed by atoms with E-state index in [2.05, 4.69) is 23.9 Å². The van der Waals surface area contributed by atoms with E-state index >= 15 is 0 Å². The molecule has 1 aromatic heterocycles. The minimum absolute atomic E-state index is 0.0527. The number of likely N-dealkylation sites (tertiary alicyclic amines) is 1. The van der Waals surface area contributed by atoms with E-state index in [9.17, 15) is 14.4 Å². The van der Waals surface area contributed by atoms with Crippen molar-refractivity contribution in [3.05, 3.63) is 16.0 Å². The molecule has 3 aliphatic heterocycles. The van der Waals surface area contributed by atoms with Gasteiger partial charge in [0.2, 0.25) is 11.8 Å². The van der Waals surface area contributed by atoms with Gasteiger partial charge in [-0.3, -0.25) is 19.3 Å². The van der Waals surface area contributed by atoms with Gasteiger partial charge in [-0.05, 0) is 39.4 Å². The van der Waals surface area contributed by atoms with Crippen molar-refractivity contribution >= 4 is 34.1 Å². The fourth-order valence-electron chi connectivity index (χ4n) is 4.67. The first-order valence-electron chi connectivity index (χ1n) is 10.7. The molecule has 1 unspecified atom stereocenters. The lowest BCUT2D eigenvalue weighted by atomic mass is 10.0. The number of rotatable bonds is 4. The van der Waals surface area contributed by atoms with Gasteiger partial charge in [0.05, 0.1) is 18.7 Å². The predicted molar refractivity (Wildman–Crippen MR) is 117 cm³/mol. The van der Waals surface area contributed by atoms with Crippen molar-refractivity contribution in [1.82, 2.24) is 19.6 Å². The Labute approximate surface area is 182 Å². The highest BCUT2D eigenvalue weighted by molar-refractivity contribution is 7.17. The normalized spacial score (nSPS) is 22.6. The van der Waals surface area contributed by atoms with E-state index in [-0.39, 0.29) is 24.3 Å². The van der Waals surface area contributed by atoms with Crippen molar-refractivity contribution in [1.29, 1.82) is 0 Å². The summed E-state index contributed by atoms with van der Waals surface area (Å²) in [6.45, 7) is 6.06. The first kappa shape index (κ1) is 21.3. The van der Waals surface area contributed by atoms with Gasteiger partial charge in [-0.1, -0.05) is 0 Å². The summed E-state index contributed by atoms with van der Waals surface area (Å²) in [5, 5.41) is 0.754. The van der Waals surface area contributed by atoms with Gasteiger partial charge in [-0.25, -0.2) is 0 Å². The predicted octanol–water partition coefficient (Wildman–Crippen LogP) is 0.707. The van der Waals surface area contributed by atoms with Gasteiger partial charge < -0.3 is 19.6 Å². The van der Waals surface area contributed by atoms with E-state index in [1.54, 1.807) is 11.9 Å². The van der Waals surface area contributed by atoms with Crippen molar-refractivity contribution in [2.45, 2.75) is 32.4 Å². The number of hydrogen-bond donors (Lipinski definition) is 0. The number of anilines is 1. The van der Waals surface area contributed by atoms with Gasteiger partial charge in [-0.2, -0.15) is 0 Å². The number of thiophene rings is 1. The monoisotopic (exact) mass is 433 g/mol. The highest BCUT2D eigenvalue weighted by Gasteiger charge is 2.37. The highest BCUT2D eigenvalue weighted by atomic mass is 32.1. The highest BCUT2D eigenvalue weighted by Crippen LogP contribution is 2.41. The summed E-state index contributed by atoms with van der Waals surface area (Å²) in [6.07, 6.45) is 1.76. The van der Waals surface area contributed by atoms with Crippen molar-refractivity contribution in [2.75, 3.05) is 65.3 Å². The van der Waals surface area contributed by atoms with Crippen LogP contribution >= 0.6 is 11.3 Å². The molecular formula is C21H31N5O3S. The average Bonchev–Trinajstić information content (AvgIpc) is 3.30. The quantitative estimate of drug-likeness (QED) is 0.700. The number of carbonyl (C=O) groups is 3. The molecule has 1 aromatic rings. The smallest absolute Gasteiger partial charge is 0.257 e. The number of carbonyl (C=O) groups excluding carboxylic acids is 3. The Bertz CT molecular complexity index is 867. The molecule has 1 fully saturated rings. The molecule has 4 heterocycles. The van der Waals surface area contributed by atoms with Crippen LogP contribution in [0.15, 0.2) is 0 Å². The van der Waals surface area contributed by atoms with E-state index in [0.29, 0.717) is 44.2 Å². The molecule has 3 amide bonds. The van der Waals surface area contributed by atoms with Crippen molar-refractivity contribution in [3.63, 3.8) is 0 Å². The number of hydrogen-bond acceptors (Lipinski definition) is 6. The Morgan fingerprint density at radius 3 is 2.63 bits per heavy atom. The van der Waals surface area contributed by atoms with Gasteiger partial charge >= 0.3 is 0 Å². The molecule has 0 saturated carbocycles. The van der Waals surface area contributed by atoms with Crippen molar-refractivity contribution < 1.29 is 14.4 Å². The maximum Gasteiger partial charge on any atom is 0.257 e. The van der Waals surface area contributed by atoms with Crippen molar-refractivity contribution in [2.24, 2.45) is 0 Å². The number of fused-ring (bicyclic) bond motifs is 3. The van der Waals surface area contributed by atoms with E-state index in [0.717, 1.165) is 35.0 Å². The number of nitrogens with zero attached hydrogens (tertiary/aromatic N) is 5. The molecule has 0 radical (unpaired) electrons. The van der Waals surface area contributed by atoms with Gasteiger partial charge in [-0.15, -0.1) is 11.3 Å². The molecule has 30 heavy (non-hydrogen) atoms. The maximum absolute atomic E-state index is 13.0. The molecule has 8 nitrogen and oxygen atoms in total. The van der Waals surface area contributed by atoms with E-state index in [1.807, 2.05) is 11.8 Å². The lowest BCUT2D eigenvalue weighted by Gasteiger charge is -2.29. The third-order valence-electron chi connectivity index (χ3n) is 6.52. The van der Waals surface area contributed by atoms with Crippen LogP contribution in [0.5, 0.6) is 0 Å². The Balaban J connectivity index is 1.51. The van der Waals surface area contributed by atoms with Crippen LogP contribution in [0, 0.1) is 0 Å². The summed E-state index contributed by atoms with van der Waals surface area (Å²) >= 11 is 1.50. The van der Waals surface area contributed by atoms with Crippen LogP contribution in [-0.2, 0) is 22.6 Å². The summed E-state index contributed by atoms with van der Waals surface area (Å²) < 4.78 is 0. The van der Waals surface area contributed by atoms with Gasteiger partial charge in [0, 0.05) is 44.1 Å². The van der Waals surface area contributed by atoms with Crippen LogP contribution in [-0.4, -0.2) is 104 Å². The second-order valence-corrected chi connectivity index (χ2v) is 9.77. The van der Waals surface area contributed by atoms with E-state index in [4.69, 9.17) is 0 Å². The van der Waals surface area contributed by atoms with Crippen LogP contribution in [0.4, 0.5) is 5.00 Å². The summed E-state index contributed by atoms with van der Waals surface area (Å²) in [7, 11) is 5.86. The van der Waals surface area contributed by atoms with Crippen LogP contribution in [0.1, 0.15) is 34.1 Å². The number of likely N-dealkylation sites (N-methyl/N-ethyl adjacent to an activating group) is 3. The topological polar surface area (TPSA) is 67.4 Å². The fourth-order valence-corrected chi connectivity index (χ4v) is 6.10. The summed E-state index contributed by atoms with van der Waals surface area (Å²) in [5.74, 6) is 0.0111. The first-order chi connectivity index (χ1) is 14.3. The van der Waals surface area contributed by atoms with Crippen LogP contribution < -0.4 is 4.90 Å².